The van der Waals surface area contributed by atoms with Crippen molar-refractivity contribution in [3.63, 3.8) is 0 Å². The molecule has 0 spiro atoms. The molecule has 0 aliphatic heterocycles. The van der Waals surface area contributed by atoms with Crippen LogP contribution in [0.2, 0.25) is 0 Å². The van der Waals surface area contributed by atoms with Gasteiger partial charge in [0.05, 0.1) is 6.21 Å². The van der Waals surface area contributed by atoms with E-state index >= 15 is 0 Å². The van der Waals surface area contributed by atoms with Crippen LogP contribution < -0.4 is 21.2 Å². The van der Waals surface area contributed by atoms with E-state index in [2.05, 4.69) is 22.4 Å². The van der Waals surface area contributed by atoms with Crippen LogP contribution in [-0.2, 0) is 14.4 Å². The molecule has 1 aromatic rings. The maximum absolute atomic E-state index is 11.3. The number of nitrogens with zero attached hydrogens (tertiary/aromatic N) is 1. The second-order valence-electron chi connectivity index (χ2n) is 4.02. The van der Waals surface area contributed by atoms with Crippen molar-refractivity contribution in [1.82, 2.24) is 10.7 Å². The number of carbonyl (C=O) groups excluding carboxylic acids is 3. The summed E-state index contributed by atoms with van der Waals surface area (Å²) in [6.07, 6.45) is 2.81. The molecule has 116 valence electrons. The number of carbonyl (C=O) groups is 3. The zero-order valence-electron chi connectivity index (χ0n) is 11.7. The van der Waals surface area contributed by atoms with Crippen LogP contribution in [0.1, 0.15) is 5.56 Å². The zero-order valence-corrected chi connectivity index (χ0v) is 11.7. The van der Waals surface area contributed by atoms with Gasteiger partial charge in [-0.2, -0.15) is 5.10 Å². The third-order valence-electron chi connectivity index (χ3n) is 2.25. The first-order chi connectivity index (χ1) is 10.5. The van der Waals surface area contributed by atoms with Gasteiger partial charge < -0.3 is 15.8 Å². The molecule has 1 rings (SSSR count). The lowest BCUT2D eigenvalue weighted by molar-refractivity contribution is -0.139. The molecule has 0 heterocycles. The fraction of sp³-hybridized carbons (Fsp3) is 0.143. The highest BCUT2D eigenvalue weighted by Gasteiger charge is 2.10. The van der Waals surface area contributed by atoms with E-state index in [-0.39, 0.29) is 13.2 Å². The summed E-state index contributed by atoms with van der Waals surface area (Å²) in [5, 5.41) is 5.96. The van der Waals surface area contributed by atoms with Gasteiger partial charge in [0.15, 0.2) is 6.61 Å². The number of rotatable bonds is 7. The predicted octanol–water partition coefficient (Wildman–Crippen LogP) is -0.697. The number of ether oxygens (including phenoxy) is 1. The van der Waals surface area contributed by atoms with Crippen LogP contribution in [-0.4, -0.2) is 37.1 Å². The number of nitrogens with two attached hydrogens (primary N) is 1. The van der Waals surface area contributed by atoms with Crippen molar-refractivity contribution in [2.75, 3.05) is 13.2 Å². The summed E-state index contributed by atoms with van der Waals surface area (Å²) in [6.45, 7) is 3.40. The number of nitrogens with one attached hydrogen (secondary N) is 2. The molecule has 3 amide bonds. The Labute approximate surface area is 127 Å². The maximum Gasteiger partial charge on any atom is 0.329 e. The Morgan fingerprint density at radius 3 is 2.50 bits per heavy atom. The number of hydrogen-bond acceptors (Lipinski definition) is 5. The Hall–Kier alpha value is -3.16. The molecule has 0 aromatic heterocycles. The molecule has 0 aliphatic rings. The van der Waals surface area contributed by atoms with Crippen molar-refractivity contribution in [3.8, 4) is 5.75 Å². The summed E-state index contributed by atoms with van der Waals surface area (Å²) < 4.78 is 5.08. The number of amides is 3. The van der Waals surface area contributed by atoms with E-state index in [0.29, 0.717) is 11.3 Å². The number of hydrogen-bond donors (Lipinski definition) is 3. The molecular formula is C14H16N4O4. The van der Waals surface area contributed by atoms with Crippen LogP contribution >= 0.6 is 0 Å². The Bertz CT molecular complexity index is 581. The molecule has 22 heavy (non-hydrogen) atoms. The number of benzene rings is 1. The Morgan fingerprint density at radius 2 is 1.91 bits per heavy atom. The molecule has 0 unspecified atom stereocenters. The Kier molecular flexibility index (Phi) is 6.84. The minimum absolute atomic E-state index is 0.197. The van der Waals surface area contributed by atoms with Crippen molar-refractivity contribution in [2.45, 2.75) is 0 Å². The molecule has 1 aromatic carbocycles. The van der Waals surface area contributed by atoms with E-state index in [1.165, 1.54) is 12.3 Å². The third-order valence-corrected chi connectivity index (χ3v) is 2.25. The van der Waals surface area contributed by atoms with E-state index in [1.54, 1.807) is 24.3 Å². The summed E-state index contributed by atoms with van der Waals surface area (Å²) in [7, 11) is 0. The SMILES string of the molecule is C=CCNC(=O)C(=O)N/N=C\c1ccc(OCC(N)=O)cc1. The van der Waals surface area contributed by atoms with Crippen molar-refractivity contribution in [3.05, 3.63) is 42.5 Å². The maximum atomic E-state index is 11.3. The topological polar surface area (TPSA) is 123 Å². The second-order valence-corrected chi connectivity index (χ2v) is 4.02. The van der Waals surface area contributed by atoms with Gasteiger partial charge in [-0.25, -0.2) is 5.43 Å². The van der Waals surface area contributed by atoms with Gasteiger partial charge in [-0.15, -0.1) is 6.58 Å². The summed E-state index contributed by atoms with van der Waals surface area (Å²) in [4.78, 5) is 33.1. The van der Waals surface area contributed by atoms with Crippen LogP contribution in [0.15, 0.2) is 42.0 Å². The Balaban J connectivity index is 2.46. The van der Waals surface area contributed by atoms with E-state index in [4.69, 9.17) is 10.5 Å². The molecule has 4 N–H and O–H groups in total. The minimum Gasteiger partial charge on any atom is -0.484 e. The second kappa shape index (κ2) is 8.90. The first-order valence-corrected chi connectivity index (χ1v) is 6.26. The monoisotopic (exact) mass is 304 g/mol. The van der Waals surface area contributed by atoms with Crippen LogP contribution in [0.3, 0.4) is 0 Å². The standard InChI is InChI=1S/C14H16N4O4/c1-2-7-16-13(20)14(21)18-17-8-10-3-5-11(6-4-10)22-9-12(15)19/h2-6,8H,1,7,9H2,(H2,15,19)(H,16,20)(H,18,21)/b17-8-. The molecule has 8 heteroatoms. The summed E-state index contributed by atoms with van der Waals surface area (Å²) in [6, 6.07) is 6.54. The summed E-state index contributed by atoms with van der Waals surface area (Å²) in [5.74, 6) is -1.77. The number of hydrazone groups is 1. The van der Waals surface area contributed by atoms with Crippen LogP contribution in [0.4, 0.5) is 0 Å². The molecule has 0 saturated heterocycles. The fourth-order valence-corrected chi connectivity index (χ4v) is 1.27. The zero-order chi connectivity index (χ0) is 16.4. The van der Waals surface area contributed by atoms with E-state index < -0.39 is 17.7 Å². The van der Waals surface area contributed by atoms with Gasteiger partial charge >= 0.3 is 11.8 Å². The lowest BCUT2D eigenvalue weighted by Gasteiger charge is -2.03. The third kappa shape index (κ3) is 6.33. The molecule has 0 bridgehead atoms. The van der Waals surface area contributed by atoms with E-state index in [0.717, 1.165) is 0 Å². The van der Waals surface area contributed by atoms with Crippen molar-refractivity contribution < 1.29 is 19.1 Å². The van der Waals surface area contributed by atoms with Crippen molar-refractivity contribution in [2.24, 2.45) is 10.8 Å². The first-order valence-electron chi connectivity index (χ1n) is 6.26. The van der Waals surface area contributed by atoms with Gasteiger partial charge in [-0.05, 0) is 29.8 Å². The molecule has 0 atom stereocenters. The lowest BCUT2D eigenvalue weighted by Crippen LogP contribution is -2.37. The largest absolute Gasteiger partial charge is 0.484 e. The first kappa shape index (κ1) is 16.9. The van der Waals surface area contributed by atoms with Gasteiger partial charge in [0.25, 0.3) is 5.91 Å². The Morgan fingerprint density at radius 1 is 1.23 bits per heavy atom. The molecule has 0 radical (unpaired) electrons. The highest BCUT2D eigenvalue weighted by molar-refractivity contribution is 6.35. The van der Waals surface area contributed by atoms with Crippen LogP contribution in [0.5, 0.6) is 5.75 Å². The lowest BCUT2D eigenvalue weighted by atomic mass is 10.2. The average Bonchev–Trinajstić information content (AvgIpc) is 2.51. The van der Waals surface area contributed by atoms with Gasteiger partial charge in [-0.1, -0.05) is 6.08 Å². The normalized spacial score (nSPS) is 10.0. The smallest absolute Gasteiger partial charge is 0.329 e. The molecule has 0 fully saturated rings. The van der Waals surface area contributed by atoms with Crippen molar-refractivity contribution >= 4 is 23.9 Å². The van der Waals surface area contributed by atoms with E-state index in [9.17, 15) is 14.4 Å². The van der Waals surface area contributed by atoms with Crippen LogP contribution in [0.25, 0.3) is 0 Å². The van der Waals surface area contributed by atoms with Crippen LogP contribution in [0, 0.1) is 0 Å². The van der Waals surface area contributed by atoms with E-state index in [1.807, 2.05) is 0 Å². The van der Waals surface area contributed by atoms with Crippen molar-refractivity contribution in [1.29, 1.82) is 0 Å². The summed E-state index contributed by atoms with van der Waals surface area (Å²) in [5.41, 5.74) is 7.71. The molecule has 8 nitrogen and oxygen atoms in total. The fourth-order valence-electron chi connectivity index (χ4n) is 1.27. The highest BCUT2D eigenvalue weighted by atomic mass is 16.5. The molecule has 0 saturated carbocycles. The van der Waals surface area contributed by atoms with Gasteiger partial charge in [-0.3, -0.25) is 14.4 Å². The quantitative estimate of drug-likeness (QED) is 0.267. The van der Waals surface area contributed by atoms with Gasteiger partial charge in [0.1, 0.15) is 5.75 Å². The predicted molar refractivity (Wildman–Crippen MR) is 80.1 cm³/mol. The minimum atomic E-state index is -0.875. The molecule has 0 aliphatic carbocycles. The average molecular weight is 304 g/mol. The van der Waals surface area contributed by atoms with Gasteiger partial charge in [0, 0.05) is 6.54 Å². The number of primary amides is 1. The van der Waals surface area contributed by atoms with Gasteiger partial charge in [0.2, 0.25) is 0 Å². The molecular weight excluding hydrogens is 288 g/mol. The summed E-state index contributed by atoms with van der Waals surface area (Å²) >= 11 is 0. The highest BCUT2D eigenvalue weighted by Crippen LogP contribution is 2.10.